The first-order valence-electron chi connectivity index (χ1n) is 11.1. The van der Waals surface area contributed by atoms with Crippen molar-refractivity contribution in [3.63, 3.8) is 0 Å². The van der Waals surface area contributed by atoms with Crippen LogP contribution in [0.4, 0.5) is 0 Å². The van der Waals surface area contributed by atoms with Crippen molar-refractivity contribution in [3.05, 3.63) is 83.3 Å². The van der Waals surface area contributed by atoms with Gasteiger partial charge in [0.05, 0.1) is 17.8 Å². The zero-order valence-corrected chi connectivity index (χ0v) is 18.1. The Kier molecular flexibility index (Phi) is 5.10. The number of nitrogens with zero attached hydrogens (tertiary/aromatic N) is 3. The minimum absolute atomic E-state index is 0.205. The van der Waals surface area contributed by atoms with E-state index in [1.165, 1.54) is 16.5 Å². The van der Waals surface area contributed by atoms with Gasteiger partial charge in [-0.1, -0.05) is 36.4 Å². The topological polar surface area (TPSA) is 53.9 Å². The molecule has 1 aliphatic heterocycles. The molecule has 3 heterocycles. The van der Waals surface area contributed by atoms with Crippen LogP contribution in [0.3, 0.4) is 0 Å². The molecule has 1 saturated heterocycles. The summed E-state index contributed by atoms with van der Waals surface area (Å²) in [7, 11) is 0. The zero-order valence-electron chi connectivity index (χ0n) is 18.1. The molecule has 0 atom stereocenters. The molecule has 1 amide bonds. The standard InChI is InChI=1S/C26H28N4O/c1-18-23(19(2)30(28-18)21-8-4-3-5-9-21)16-26(31)29-14-12-20(13-15-29)24-17-27-25-11-7-6-10-22(24)25/h3-11,17,20,27H,12-16H2,1-2H3. The molecule has 1 N–H and O–H groups in total. The molecule has 5 rings (SSSR count). The number of aromatic nitrogens is 3. The molecule has 31 heavy (non-hydrogen) atoms. The van der Waals surface area contributed by atoms with E-state index in [0.717, 1.165) is 48.6 Å². The van der Waals surface area contributed by atoms with Gasteiger partial charge in [0.1, 0.15) is 0 Å². The maximum Gasteiger partial charge on any atom is 0.227 e. The lowest BCUT2D eigenvalue weighted by molar-refractivity contribution is -0.131. The molecule has 158 valence electrons. The summed E-state index contributed by atoms with van der Waals surface area (Å²) in [5, 5.41) is 6.01. The third kappa shape index (κ3) is 3.65. The Labute approximate surface area is 182 Å². The van der Waals surface area contributed by atoms with Crippen molar-refractivity contribution in [1.82, 2.24) is 19.7 Å². The highest BCUT2D eigenvalue weighted by atomic mass is 16.2. The Balaban J connectivity index is 1.27. The smallest absolute Gasteiger partial charge is 0.227 e. The van der Waals surface area contributed by atoms with E-state index in [9.17, 15) is 4.79 Å². The Hall–Kier alpha value is -3.34. The lowest BCUT2D eigenvalue weighted by Gasteiger charge is -2.32. The van der Waals surface area contributed by atoms with Gasteiger partial charge in [-0.15, -0.1) is 0 Å². The van der Waals surface area contributed by atoms with Crippen LogP contribution in [0.25, 0.3) is 16.6 Å². The number of hydrogen-bond donors (Lipinski definition) is 1. The Morgan fingerprint density at radius 1 is 1.03 bits per heavy atom. The molecule has 2 aromatic heterocycles. The molecule has 4 aromatic rings. The summed E-state index contributed by atoms with van der Waals surface area (Å²) in [6, 6.07) is 18.6. The summed E-state index contributed by atoms with van der Waals surface area (Å²) >= 11 is 0. The first kappa shape index (κ1) is 19.6. The summed E-state index contributed by atoms with van der Waals surface area (Å²) in [6.45, 7) is 5.68. The second-order valence-corrected chi connectivity index (χ2v) is 8.52. The number of aromatic amines is 1. The number of likely N-dealkylation sites (tertiary alicyclic amines) is 1. The van der Waals surface area contributed by atoms with Gasteiger partial charge in [-0.25, -0.2) is 4.68 Å². The van der Waals surface area contributed by atoms with Crippen LogP contribution in [0.5, 0.6) is 0 Å². The predicted octanol–water partition coefficient (Wildman–Crippen LogP) is 4.92. The molecule has 0 radical (unpaired) electrons. The number of rotatable bonds is 4. The van der Waals surface area contributed by atoms with Crippen molar-refractivity contribution < 1.29 is 4.79 Å². The molecule has 0 unspecified atom stereocenters. The first-order valence-corrected chi connectivity index (χ1v) is 11.1. The summed E-state index contributed by atoms with van der Waals surface area (Å²) in [4.78, 5) is 18.5. The van der Waals surface area contributed by atoms with Crippen LogP contribution >= 0.6 is 0 Å². The van der Waals surface area contributed by atoms with E-state index in [4.69, 9.17) is 5.10 Å². The number of aryl methyl sites for hydroxylation is 1. The lowest BCUT2D eigenvalue weighted by Crippen LogP contribution is -2.38. The van der Waals surface area contributed by atoms with Gasteiger partial charge < -0.3 is 9.88 Å². The highest BCUT2D eigenvalue weighted by Crippen LogP contribution is 2.33. The van der Waals surface area contributed by atoms with E-state index >= 15 is 0 Å². The fourth-order valence-corrected chi connectivity index (χ4v) is 4.89. The number of piperidine rings is 1. The minimum atomic E-state index is 0.205. The van der Waals surface area contributed by atoms with Crippen LogP contribution in [0.1, 0.15) is 41.3 Å². The summed E-state index contributed by atoms with van der Waals surface area (Å²) < 4.78 is 1.95. The molecular weight excluding hydrogens is 384 g/mol. The summed E-state index contributed by atoms with van der Waals surface area (Å²) in [5.41, 5.74) is 6.64. The quantitative estimate of drug-likeness (QED) is 0.517. The van der Waals surface area contributed by atoms with Crippen LogP contribution < -0.4 is 0 Å². The number of fused-ring (bicyclic) bond motifs is 1. The summed E-state index contributed by atoms with van der Waals surface area (Å²) in [5.74, 6) is 0.709. The second kappa shape index (κ2) is 8.06. The molecule has 1 fully saturated rings. The van der Waals surface area contributed by atoms with E-state index in [-0.39, 0.29) is 5.91 Å². The van der Waals surface area contributed by atoms with Gasteiger partial charge in [-0.3, -0.25) is 4.79 Å². The van der Waals surface area contributed by atoms with Gasteiger partial charge in [0, 0.05) is 41.4 Å². The molecule has 0 saturated carbocycles. The zero-order chi connectivity index (χ0) is 21.4. The van der Waals surface area contributed by atoms with Crippen LogP contribution in [0.2, 0.25) is 0 Å². The van der Waals surface area contributed by atoms with Crippen molar-refractivity contribution >= 4 is 16.8 Å². The fourth-order valence-electron chi connectivity index (χ4n) is 4.89. The Morgan fingerprint density at radius 3 is 2.52 bits per heavy atom. The maximum absolute atomic E-state index is 13.1. The van der Waals surface area contributed by atoms with E-state index in [1.54, 1.807) is 0 Å². The lowest BCUT2D eigenvalue weighted by atomic mass is 9.89. The van der Waals surface area contributed by atoms with Gasteiger partial charge in [0.25, 0.3) is 0 Å². The summed E-state index contributed by atoms with van der Waals surface area (Å²) in [6.07, 6.45) is 4.59. The number of hydrogen-bond acceptors (Lipinski definition) is 2. The molecule has 5 nitrogen and oxygen atoms in total. The number of amides is 1. The van der Waals surface area contributed by atoms with Gasteiger partial charge in [-0.05, 0) is 56.4 Å². The SMILES string of the molecule is Cc1nn(-c2ccccc2)c(C)c1CC(=O)N1CCC(c2c[nH]c3ccccc23)CC1. The van der Waals surface area contributed by atoms with Crippen molar-refractivity contribution in [3.8, 4) is 5.69 Å². The predicted molar refractivity (Wildman–Crippen MR) is 124 cm³/mol. The minimum Gasteiger partial charge on any atom is -0.361 e. The average Bonchev–Trinajstić information content (AvgIpc) is 3.36. The number of benzene rings is 2. The number of para-hydroxylation sites is 2. The second-order valence-electron chi connectivity index (χ2n) is 8.52. The fraction of sp³-hybridized carbons (Fsp3) is 0.308. The number of nitrogens with one attached hydrogen (secondary N) is 1. The van der Waals surface area contributed by atoms with E-state index in [1.807, 2.05) is 46.8 Å². The van der Waals surface area contributed by atoms with Crippen molar-refractivity contribution in [2.24, 2.45) is 0 Å². The van der Waals surface area contributed by atoms with Crippen LogP contribution in [-0.2, 0) is 11.2 Å². The van der Waals surface area contributed by atoms with Crippen molar-refractivity contribution in [2.75, 3.05) is 13.1 Å². The van der Waals surface area contributed by atoms with Crippen molar-refractivity contribution in [2.45, 2.75) is 39.0 Å². The largest absolute Gasteiger partial charge is 0.361 e. The van der Waals surface area contributed by atoms with E-state index in [0.29, 0.717) is 12.3 Å². The molecule has 0 bridgehead atoms. The molecule has 0 spiro atoms. The Bertz CT molecular complexity index is 1210. The van der Waals surface area contributed by atoms with E-state index < -0.39 is 0 Å². The van der Waals surface area contributed by atoms with Gasteiger partial charge in [0.2, 0.25) is 5.91 Å². The first-order chi connectivity index (χ1) is 15.1. The highest BCUT2D eigenvalue weighted by Gasteiger charge is 2.26. The monoisotopic (exact) mass is 412 g/mol. The van der Waals surface area contributed by atoms with Crippen LogP contribution in [0, 0.1) is 13.8 Å². The molecule has 5 heteroatoms. The van der Waals surface area contributed by atoms with Gasteiger partial charge >= 0.3 is 0 Å². The van der Waals surface area contributed by atoms with E-state index in [2.05, 4.69) is 42.4 Å². The molecule has 0 aliphatic carbocycles. The van der Waals surface area contributed by atoms with Crippen molar-refractivity contribution in [1.29, 1.82) is 0 Å². The average molecular weight is 413 g/mol. The van der Waals surface area contributed by atoms with Crippen LogP contribution in [-0.4, -0.2) is 38.7 Å². The van der Waals surface area contributed by atoms with Gasteiger partial charge in [0.15, 0.2) is 0 Å². The normalized spacial score (nSPS) is 15.0. The third-order valence-corrected chi connectivity index (χ3v) is 6.68. The number of carbonyl (C=O) groups excluding carboxylic acids is 1. The Morgan fingerprint density at radius 2 is 1.74 bits per heavy atom. The number of H-pyrrole nitrogens is 1. The molecule has 2 aromatic carbocycles. The molecule has 1 aliphatic rings. The third-order valence-electron chi connectivity index (χ3n) is 6.68. The molecular formula is C26H28N4O. The highest BCUT2D eigenvalue weighted by molar-refractivity contribution is 5.84. The van der Waals surface area contributed by atoms with Gasteiger partial charge in [-0.2, -0.15) is 5.10 Å². The maximum atomic E-state index is 13.1. The van der Waals surface area contributed by atoms with Crippen LogP contribution in [0.15, 0.2) is 60.8 Å². The number of carbonyl (C=O) groups is 1.